The third kappa shape index (κ3) is 2.40. The second-order valence-electron chi connectivity index (χ2n) is 3.80. The van der Waals surface area contributed by atoms with Crippen LogP contribution in [0.2, 0.25) is 0 Å². The molecule has 18 heavy (non-hydrogen) atoms. The maximum atomic E-state index is 11.0. The molecule has 1 aliphatic rings. The summed E-state index contributed by atoms with van der Waals surface area (Å²) in [6, 6.07) is 1.29. The first-order valence-corrected chi connectivity index (χ1v) is 5.39. The highest BCUT2D eigenvalue weighted by molar-refractivity contribution is 6.01. The maximum Gasteiger partial charge on any atom is 0.338 e. The third-order valence-electron chi connectivity index (χ3n) is 2.69. The summed E-state index contributed by atoms with van der Waals surface area (Å²) in [6.45, 7) is 2.31. The number of carboxylic acids is 2. The standard InChI is InChI=1S/C11H12N2O5/c14-10(15)7-5-9(12-6-8(7)11(16)17)13-1-3-18-4-2-13/h5-6H,1-4H2,(H,14,15)(H,16,17). The molecule has 1 aliphatic heterocycles. The van der Waals surface area contributed by atoms with Gasteiger partial charge in [0.15, 0.2) is 0 Å². The van der Waals surface area contributed by atoms with Crippen LogP contribution in [0.5, 0.6) is 0 Å². The molecular weight excluding hydrogens is 240 g/mol. The van der Waals surface area contributed by atoms with Gasteiger partial charge in [-0.15, -0.1) is 0 Å². The summed E-state index contributed by atoms with van der Waals surface area (Å²) >= 11 is 0. The van der Waals surface area contributed by atoms with E-state index in [-0.39, 0.29) is 11.1 Å². The number of aromatic carboxylic acids is 2. The van der Waals surface area contributed by atoms with Crippen molar-refractivity contribution in [1.29, 1.82) is 0 Å². The fourth-order valence-corrected chi connectivity index (χ4v) is 1.76. The molecule has 2 rings (SSSR count). The molecule has 7 nitrogen and oxygen atoms in total. The Balaban J connectivity index is 2.36. The van der Waals surface area contributed by atoms with Crippen molar-refractivity contribution >= 4 is 17.8 Å². The van der Waals surface area contributed by atoms with Gasteiger partial charge in [0.2, 0.25) is 0 Å². The fourth-order valence-electron chi connectivity index (χ4n) is 1.76. The van der Waals surface area contributed by atoms with Gasteiger partial charge < -0.3 is 19.8 Å². The molecule has 1 aromatic rings. The van der Waals surface area contributed by atoms with E-state index in [1.54, 1.807) is 0 Å². The second kappa shape index (κ2) is 5.01. The lowest BCUT2D eigenvalue weighted by atomic mass is 10.1. The number of aromatic nitrogens is 1. The molecule has 1 saturated heterocycles. The molecule has 0 spiro atoms. The smallest absolute Gasteiger partial charge is 0.338 e. The number of hydrogen-bond donors (Lipinski definition) is 2. The zero-order valence-corrected chi connectivity index (χ0v) is 9.50. The Morgan fingerprint density at radius 1 is 1.17 bits per heavy atom. The molecule has 0 amide bonds. The van der Waals surface area contributed by atoms with Crippen molar-refractivity contribution in [2.75, 3.05) is 31.2 Å². The molecule has 0 bridgehead atoms. The Morgan fingerprint density at radius 2 is 1.78 bits per heavy atom. The number of morpholine rings is 1. The third-order valence-corrected chi connectivity index (χ3v) is 2.69. The maximum absolute atomic E-state index is 11.0. The highest BCUT2D eigenvalue weighted by Gasteiger charge is 2.20. The molecule has 7 heteroatoms. The predicted molar refractivity (Wildman–Crippen MR) is 61.2 cm³/mol. The lowest BCUT2D eigenvalue weighted by Gasteiger charge is -2.28. The van der Waals surface area contributed by atoms with Crippen LogP contribution < -0.4 is 4.90 Å². The molecule has 2 heterocycles. The van der Waals surface area contributed by atoms with Crippen LogP contribution in [0.1, 0.15) is 20.7 Å². The van der Waals surface area contributed by atoms with Gasteiger partial charge in [0.25, 0.3) is 0 Å². The normalized spacial score (nSPS) is 15.4. The van der Waals surface area contributed by atoms with E-state index in [0.29, 0.717) is 32.1 Å². The van der Waals surface area contributed by atoms with Crippen molar-refractivity contribution in [2.24, 2.45) is 0 Å². The largest absolute Gasteiger partial charge is 0.478 e. The minimum atomic E-state index is -1.30. The Bertz CT molecular complexity index is 482. The van der Waals surface area contributed by atoms with Crippen molar-refractivity contribution in [2.45, 2.75) is 0 Å². The Morgan fingerprint density at radius 3 is 2.33 bits per heavy atom. The number of carboxylic acid groups (broad SMARTS) is 2. The molecule has 0 unspecified atom stereocenters. The Labute approximate surface area is 103 Å². The SMILES string of the molecule is O=C(O)c1cnc(N2CCOCC2)cc1C(=O)O. The van der Waals surface area contributed by atoms with Crippen LogP contribution in [-0.2, 0) is 4.74 Å². The Kier molecular flexibility index (Phi) is 3.42. The monoisotopic (exact) mass is 252 g/mol. The van der Waals surface area contributed by atoms with E-state index in [1.807, 2.05) is 4.90 Å². The molecule has 0 aromatic carbocycles. The van der Waals surface area contributed by atoms with E-state index in [1.165, 1.54) is 6.07 Å². The molecule has 1 aromatic heterocycles. The van der Waals surface area contributed by atoms with Gasteiger partial charge in [-0.25, -0.2) is 14.6 Å². The molecule has 0 atom stereocenters. The molecule has 0 radical (unpaired) electrons. The lowest BCUT2D eigenvalue weighted by Crippen LogP contribution is -2.37. The van der Waals surface area contributed by atoms with Crippen molar-refractivity contribution in [1.82, 2.24) is 4.98 Å². The number of anilines is 1. The van der Waals surface area contributed by atoms with Gasteiger partial charge >= 0.3 is 11.9 Å². The zero-order valence-electron chi connectivity index (χ0n) is 9.50. The molecule has 96 valence electrons. The molecule has 2 N–H and O–H groups in total. The van der Waals surface area contributed by atoms with Gasteiger partial charge in [-0.05, 0) is 6.07 Å². The molecular formula is C11H12N2O5. The molecule has 0 saturated carbocycles. The summed E-state index contributed by atoms with van der Waals surface area (Å²) < 4.78 is 5.18. The fraction of sp³-hybridized carbons (Fsp3) is 0.364. The number of carbonyl (C=O) groups is 2. The van der Waals surface area contributed by atoms with Crippen molar-refractivity contribution in [3.05, 3.63) is 23.4 Å². The van der Waals surface area contributed by atoms with Crippen molar-refractivity contribution < 1.29 is 24.5 Å². The minimum absolute atomic E-state index is 0.251. The van der Waals surface area contributed by atoms with Crippen LogP contribution >= 0.6 is 0 Å². The summed E-state index contributed by atoms with van der Waals surface area (Å²) in [5.41, 5.74) is -0.557. The van der Waals surface area contributed by atoms with Crippen molar-refractivity contribution in [3.8, 4) is 0 Å². The molecule has 1 fully saturated rings. The lowest BCUT2D eigenvalue weighted by molar-refractivity contribution is 0.0651. The minimum Gasteiger partial charge on any atom is -0.478 e. The summed E-state index contributed by atoms with van der Waals surface area (Å²) in [7, 11) is 0. The van der Waals surface area contributed by atoms with E-state index in [4.69, 9.17) is 14.9 Å². The van der Waals surface area contributed by atoms with Gasteiger partial charge in [0.05, 0.1) is 24.3 Å². The van der Waals surface area contributed by atoms with E-state index in [2.05, 4.69) is 4.98 Å². The highest BCUT2D eigenvalue weighted by atomic mass is 16.5. The van der Waals surface area contributed by atoms with Gasteiger partial charge in [-0.3, -0.25) is 0 Å². The van der Waals surface area contributed by atoms with Crippen LogP contribution in [0.3, 0.4) is 0 Å². The van der Waals surface area contributed by atoms with Crippen LogP contribution in [-0.4, -0.2) is 53.4 Å². The van der Waals surface area contributed by atoms with Gasteiger partial charge in [0.1, 0.15) is 5.82 Å². The number of pyridine rings is 1. The summed E-state index contributed by atoms with van der Waals surface area (Å²) in [5, 5.41) is 17.9. The first-order valence-electron chi connectivity index (χ1n) is 5.39. The summed E-state index contributed by atoms with van der Waals surface area (Å²) in [5.74, 6) is -2.11. The van der Waals surface area contributed by atoms with Crippen LogP contribution in [0.4, 0.5) is 5.82 Å². The van der Waals surface area contributed by atoms with E-state index in [0.717, 1.165) is 6.20 Å². The van der Waals surface area contributed by atoms with Crippen LogP contribution in [0, 0.1) is 0 Å². The Hall–Kier alpha value is -2.15. The van der Waals surface area contributed by atoms with E-state index < -0.39 is 11.9 Å². The highest BCUT2D eigenvalue weighted by Crippen LogP contribution is 2.18. The quantitative estimate of drug-likeness (QED) is 0.798. The van der Waals surface area contributed by atoms with E-state index in [9.17, 15) is 9.59 Å². The van der Waals surface area contributed by atoms with Gasteiger partial charge in [-0.1, -0.05) is 0 Å². The number of nitrogens with zero attached hydrogens (tertiary/aromatic N) is 2. The second-order valence-corrected chi connectivity index (χ2v) is 3.80. The molecule has 0 aliphatic carbocycles. The van der Waals surface area contributed by atoms with Crippen molar-refractivity contribution in [3.63, 3.8) is 0 Å². The van der Waals surface area contributed by atoms with E-state index >= 15 is 0 Å². The van der Waals surface area contributed by atoms with Crippen LogP contribution in [0.25, 0.3) is 0 Å². The summed E-state index contributed by atoms with van der Waals surface area (Å²) in [6.07, 6.45) is 1.08. The number of rotatable bonds is 3. The number of hydrogen-bond acceptors (Lipinski definition) is 5. The van der Waals surface area contributed by atoms with Gasteiger partial charge in [-0.2, -0.15) is 0 Å². The first kappa shape index (κ1) is 12.3. The predicted octanol–water partition coefficient (Wildman–Crippen LogP) is 0.315. The summed E-state index contributed by atoms with van der Waals surface area (Å²) in [4.78, 5) is 27.8. The average Bonchev–Trinajstić information content (AvgIpc) is 2.39. The van der Waals surface area contributed by atoms with Gasteiger partial charge in [0, 0.05) is 19.3 Å². The topological polar surface area (TPSA) is 100.0 Å². The average molecular weight is 252 g/mol. The van der Waals surface area contributed by atoms with Crippen LogP contribution in [0.15, 0.2) is 12.3 Å². The zero-order chi connectivity index (χ0) is 13.1. The number of ether oxygens (including phenoxy) is 1. The first-order chi connectivity index (χ1) is 8.59.